The minimum Gasteiger partial charge on any atom is -0.490 e. The van der Waals surface area contributed by atoms with Crippen LogP contribution in [0.1, 0.15) is 12.8 Å². The van der Waals surface area contributed by atoms with Crippen LogP contribution in [0, 0.1) is 0 Å². The van der Waals surface area contributed by atoms with Gasteiger partial charge in [-0.3, -0.25) is 4.57 Å². The molecule has 5 rings (SSSR count). The van der Waals surface area contributed by atoms with E-state index in [1.807, 2.05) is 42.9 Å². The summed E-state index contributed by atoms with van der Waals surface area (Å²) in [5.41, 5.74) is 9.37. The van der Waals surface area contributed by atoms with Gasteiger partial charge in [-0.05, 0) is 45.1 Å². The van der Waals surface area contributed by atoms with Crippen LogP contribution in [0.3, 0.4) is 0 Å². The maximum absolute atomic E-state index is 6.07. The Morgan fingerprint density at radius 2 is 2.00 bits per heavy atom. The van der Waals surface area contributed by atoms with Gasteiger partial charge in [0.05, 0.1) is 17.6 Å². The van der Waals surface area contributed by atoms with Gasteiger partial charge in [0, 0.05) is 24.3 Å². The van der Waals surface area contributed by atoms with E-state index in [0.29, 0.717) is 24.3 Å². The average molecular weight is 435 g/mol. The zero-order valence-electron chi connectivity index (χ0n) is 18.1. The van der Waals surface area contributed by atoms with Crippen molar-refractivity contribution in [3.8, 4) is 11.4 Å². The molecule has 4 aromatic rings. The van der Waals surface area contributed by atoms with Gasteiger partial charge in [-0.25, -0.2) is 4.98 Å². The Morgan fingerprint density at radius 1 is 1.19 bits per heavy atom. The first-order valence-corrected chi connectivity index (χ1v) is 10.5. The zero-order chi connectivity index (χ0) is 22.1. The highest BCUT2D eigenvalue weighted by Gasteiger charge is 2.23. The average Bonchev–Trinajstić information content (AvgIpc) is 3.26. The molecule has 11 nitrogen and oxygen atoms in total. The van der Waals surface area contributed by atoms with Crippen molar-refractivity contribution in [3.05, 3.63) is 43.1 Å². The molecular formula is C21H26N10O. The van der Waals surface area contributed by atoms with Crippen molar-refractivity contribution in [2.75, 3.05) is 43.6 Å². The Hall–Kier alpha value is -3.86. The first kappa shape index (κ1) is 20.1. The van der Waals surface area contributed by atoms with E-state index in [1.54, 1.807) is 23.4 Å². The summed E-state index contributed by atoms with van der Waals surface area (Å²) in [7, 11) is 4.03. The third-order valence-corrected chi connectivity index (χ3v) is 5.16. The first-order valence-electron chi connectivity index (χ1n) is 10.5. The Balaban J connectivity index is 1.45. The highest BCUT2D eigenvalue weighted by molar-refractivity contribution is 5.75. The van der Waals surface area contributed by atoms with Gasteiger partial charge in [-0.2, -0.15) is 4.52 Å². The van der Waals surface area contributed by atoms with Gasteiger partial charge in [0.15, 0.2) is 11.5 Å². The Labute approximate surface area is 185 Å². The fourth-order valence-corrected chi connectivity index (χ4v) is 3.33. The van der Waals surface area contributed by atoms with Crippen LogP contribution in [0.15, 0.2) is 43.1 Å². The Kier molecular flexibility index (Phi) is 5.23. The lowest BCUT2D eigenvalue weighted by Crippen LogP contribution is -2.19. The summed E-state index contributed by atoms with van der Waals surface area (Å²) >= 11 is 0. The number of nitrogens with one attached hydrogen (secondary N) is 2. The molecule has 0 spiro atoms. The number of benzene rings is 1. The quantitative estimate of drug-likeness (QED) is 0.363. The lowest BCUT2D eigenvalue weighted by atomic mass is 10.2. The zero-order valence-corrected chi connectivity index (χ0v) is 18.1. The molecule has 0 atom stereocenters. The lowest BCUT2D eigenvalue weighted by molar-refractivity contribution is 0.261. The smallest absolute Gasteiger partial charge is 0.179 e. The summed E-state index contributed by atoms with van der Waals surface area (Å²) in [5, 5.41) is 19.4. The molecule has 0 radical (unpaired) electrons. The third kappa shape index (κ3) is 4.28. The SMILES string of the molecule is CN(C)CCOc1ccc(Nc2cc(NC3CC3)c3ncc(N)n3n2)cc1-n1cnnc1. The van der Waals surface area contributed by atoms with Crippen molar-refractivity contribution in [1.29, 1.82) is 0 Å². The molecule has 0 bridgehead atoms. The highest BCUT2D eigenvalue weighted by Crippen LogP contribution is 2.31. The number of imidazole rings is 1. The molecular weight excluding hydrogens is 408 g/mol. The molecule has 4 N–H and O–H groups in total. The van der Waals surface area contributed by atoms with E-state index < -0.39 is 0 Å². The van der Waals surface area contributed by atoms with Gasteiger partial charge in [-0.15, -0.1) is 15.3 Å². The summed E-state index contributed by atoms with van der Waals surface area (Å²) in [6.07, 6.45) is 7.22. The second-order valence-corrected chi connectivity index (χ2v) is 8.11. The first-order chi connectivity index (χ1) is 15.6. The Bertz CT molecular complexity index is 1210. The third-order valence-electron chi connectivity index (χ3n) is 5.16. The van der Waals surface area contributed by atoms with Crippen LogP contribution < -0.4 is 21.1 Å². The number of hydrogen-bond acceptors (Lipinski definition) is 9. The lowest BCUT2D eigenvalue weighted by Gasteiger charge is -2.16. The molecule has 1 fully saturated rings. The molecule has 3 aromatic heterocycles. The van der Waals surface area contributed by atoms with Gasteiger partial charge in [0.2, 0.25) is 0 Å². The highest BCUT2D eigenvalue weighted by atomic mass is 16.5. The molecule has 1 aliphatic rings. The van der Waals surface area contributed by atoms with Crippen LogP contribution in [-0.4, -0.2) is 67.6 Å². The van der Waals surface area contributed by atoms with E-state index in [4.69, 9.17) is 10.5 Å². The number of anilines is 4. The van der Waals surface area contributed by atoms with Crippen molar-refractivity contribution in [2.45, 2.75) is 18.9 Å². The summed E-state index contributed by atoms with van der Waals surface area (Å²) in [4.78, 5) is 6.47. The number of rotatable bonds is 9. The predicted molar refractivity (Wildman–Crippen MR) is 123 cm³/mol. The second-order valence-electron chi connectivity index (χ2n) is 8.11. The van der Waals surface area contributed by atoms with E-state index in [0.717, 1.165) is 47.8 Å². The number of ether oxygens (including phenoxy) is 1. The summed E-state index contributed by atoms with van der Waals surface area (Å²) in [6, 6.07) is 8.30. The monoisotopic (exact) mass is 434 g/mol. The van der Waals surface area contributed by atoms with E-state index in [-0.39, 0.29) is 0 Å². The minimum absolute atomic E-state index is 0.478. The maximum atomic E-state index is 6.07. The van der Waals surface area contributed by atoms with Crippen LogP contribution in [0.2, 0.25) is 0 Å². The van der Waals surface area contributed by atoms with Gasteiger partial charge in [0.25, 0.3) is 0 Å². The van der Waals surface area contributed by atoms with E-state index in [1.165, 1.54) is 0 Å². The molecule has 1 aliphatic carbocycles. The number of fused-ring (bicyclic) bond motifs is 1. The number of nitrogens with two attached hydrogens (primary N) is 1. The van der Waals surface area contributed by atoms with Crippen LogP contribution in [0.5, 0.6) is 5.75 Å². The molecule has 3 heterocycles. The van der Waals surface area contributed by atoms with Gasteiger partial charge in [-0.1, -0.05) is 0 Å². The molecule has 1 aromatic carbocycles. The van der Waals surface area contributed by atoms with E-state index in [9.17, 15) is 0 Å². The second kappa shape index (κ2) is 8.35. The predicted octanol–water partition coefficient (Wildman–Crippen LogP) is 2.15. The molecule has 11 heteroatoms. The number of likely N-dealkylation sites (N-methyl/N-ethyl adjacent to an activating group) is 1. The van der Waals surface area contributed by atoms with Crippen molar-refractivity contribution < 1.29 is 4.74 Å². The largest absolute Gasteiger partial charge is 0.490 e. The van der Waals surface area contributed by atoms with E-state index in [2.05, 4.69) is 35.8 Å². The van der Waals surface area contributed by atoms with Gasteiger partial charge in [0.1, 0.15) is 30.8 Å². The Morgan fingerprint density at radius 3 is 2.75 bits per heavy atom. The van der Waals surface area contributed by atoms with Crippen LogP contribution in [0.25, 0.3) is 11.3 Å². The van der Waals surface area contributed by atoms with Crippen molar-refractivity contribution in [1.82, 2.24) is 34.3 Å². The van der Waals surface area contributed by atoms with Crippen molar-refractivity contribution in [2.24, 2.45) is 0 Å². The van der Waals surface area contributed by atoms with Crippen LogP contribution in [-0.2, 0) is 0 Å². The standard InChI is InChI=1S/C21H26N10O/c1-29(2)7-8-32-18-6-5-15(9-17(18)30-12-24-25-13-30)27-20-10-16(26-14-3-4-14)21-23-11-19(22)31(21)28-20/h5-6,9-14,26H,3-4,7-8,22H2,1-2H3,(H,27,28). The molecule has 1 saturated carbocycles. The number of nitrogens with zero attached hydrogens (tertiary/aromatic N) is 7. The summed E-state index contributed by atoms with van der Waals surface area (Å²) in [6.45, 7) is 1.39. The summed E-state index contributed by atoms with van der Waals surface area (Å²) in [5.74, 6) is 1.88. The number of aromatic nitrogens is 6. The molecule has 0 amide bonds. The van der Waals surface area contributed by atoms with Gasteiger partial charge >= 0.3 is 0 Å². The number of hydrogen-bond donors (Lipinski definition) is 3. The van der Waals surface area contributed by atoms with Gasteiger partial charge < -0.3 is 26.0 Å². The number of nitrogen functional groups attached to an aromatic ring is 1. The fraction of sp³-hybridized carbons (Fsp3) is 0.333. The minimum atomic E-state index is 0.478. The molecule has 0 aliphatic heterocycles. The van der Waals surface area contributed by atoms with Crippen LogP contribution in [0.4, 0.5) is 23.0 Å². The topological polar surface area (TPSA) is 123 Å². The fourth-order valence-electron chi connectivity index (χ4n) is 3.33. The molecule has 0 saturated heterocycles. The van der Waals surface area contributed by atoms with E-state index >= 15 is 0 Å². The summed E-state index contributed by atoms with van der Waals surface area (Å²) < 4.78 is 9.47. The maximum Gasteiger partial charge on any atom is 0.179 e. The van der Waals surface area contributed by atoms with Crippen molar-refractivity contribution in [3.63, 3.8) is 0 Å². The molecule has 0 unspecified atom stereocenters. The van der Waals surface area contributed by atoms with Crippen LogP contribution >= 0.6 is 0 Å². The normalized spacial score (nSPS) is 13.6. The molecule has 32 heavy (non-hydrogen) atoms. The molecule has 166 valence electrons. The van der Waals surface area contributed by atoms with Crippen molar-refractivity contribution >= 4 is 28.7 Å².